The third-order valence-corrected chi connectivity index (χ3v) is 0.843. The van der Waals surface area contributed by atoms with Crippen LogP contribution < -0.4 is 0 Å². The molecule has 1 rings (SSSR count). The fraction of sp³-hybridized carbons (Fsp3) is 0. The molecule has 0 amide bonds. The van der Waals surface area contributed by atoms with Crippen LogP contribution in [-0.2, 0) is 17.0 Å². The number of rotatable bonds is 0. The average Bonchev–Trinajstić information content (AvgIpc) is 1.91. The van der Waals surface area contributed by atoms with E-state index < -0.39 is 17.0 Å². The second kappa shape index (κ2) is 7.49. The van der Waals surface area contributed by atoms with Crippen LogP contribution in [0.4, 0.5) is 0 Å². The summed E-state index contributed by atoms with van der Waals surface area (Å²) in [5, 5.41) is 0. The zero-order valence-electron chi connectivity index (χ0n) is 5.35. The van der Waals surface area contributed by atoms with Crippen LogP contribution in [0.5, 0.6) is 0 Å². The van der Waals surface area contributed by atoms with Gasteiger partial charge in [0.25, 0.3) is 0 Å². The van der Waals surface area contributed by atoms with E-state index in [4.69, 9.17) is 18.6 Å². The van der Waals surface area contributed by atoms with Crippen molar-refractivity contribution in [2.45, 2.75) is 0 Å². The van der Waals surface area contributed by atoms with Gasteiger partial charge in [-0.05, 0) is 0 Å². The maximum absolute atomic E-state index is 4.89. The van der Waals surface area contributed by atoms with Gasteiger partial charge in [-0.25, -0.2) is 0 Å². The fourth-order valence-corrected chi connectivity index (χ4v) is 0.478. The van der Waals surface area contributed by atoms with E-state index >= 15 is 0 Å². The zero-order chi connectivity index (χ0) is 7.82. The van der Waals surface area contributed by atoms with Crippen molar-refractivity contribution < 1.29 is 17.0 Å². The molecule has 0 nitrogen and oxygen atoms in total. The van der Waals surface area contributed by atoms with Crippen LogP contribution in [0, 0.1) is 6.92 Å². The Morgan fingerprint density at radius 1 is 1.10 bits per heavy atom. The molecule has 0 saturated heterocycles. The molecule has 0 spiro atoms. The molecular weight excluding hydrogens is 203 g/mol. The van der Waals surface area contributed by atoms with Crippen LogP contribution in [0.15, 0.2) is 30.3 Å². The van der Waals surface area contributed by atoms with Crippen molar-refractivity contribution in [3.8, 4) is 0 Å². The number of benzene rings is 1. The predicted molar refractivity (Wildman–Crippen MR) is 42.6 cm³/mol. The summed E-state index contributed by atoms with van der Waals surface area (Å²) in [6.45, 7) is 3.72. The van der Waals surface area contributed by atoms with E-state index in [1.165, 1.54) is 0 Å². The van der Waals surface area contributed by atoms with Crippen molar-refractivity contribution >= 4 is 18.6 Å². The summed E-state index contributed by atoms with van der Waals surface area (Å²) in [4.78, 5) is 0. The van der Waals surface area contributed by atoms with Gasteiger partial charge in [-0.3, -0.25) is 0 Å². The minimum atomic E-state index is -0.556. The molecular formula is C7H7Cl2Ti-. The molecule has 1 aromatic carbocycles. The second-order valence-electron chi connectivity index (χ2n) is 1.56. The van der Waals surface area contributed by atoms with Gasteiger partial charge in [-0.15, -0.1) is 12.1 Å². The molecule has 0 aliphatic rings. The Balaban J connectivity index is 0.000000236. The Kier molecular flexibility index (Phi) is 7.78. The summed E-state index contributed by atoms with van der Waals surface area (Å²) in [5.74, 6) is 0. The van der Waals surface area contributed by atoms with Gasteiger partial charge in [-0.2, -0.15) is 24.6 Å². The summed E-state index contributed by atoms with van der Waals surface area (Å²) in [7, 11) is 9.78. The normalized spacial score (nSPS) is 7.40. The van der Waals surface area contributed by atoms with Crippen LogP contribution in [-0.4, -0.2) is 0 Å². The first-order valence-electron chi connectivity index (χ1n) is 2.64. The molecule has 0 N–H and O–H groups in total. The molecule has 0 aliphatic heterocycles. The Labute approximate surface area is 78.2 Å². The maximum atomic E-state index is 4.89. The van der Waals surface area contributed by atoms with Crippen LogP contribution in [0.2, 0.25) is 0 Å². The number of hydrogen-bond acceptors (Lipinski definition) is 0. The van der Waals surface area contributed by atoms with E-state index in [0.29, 0.717) is 0 Å². The van der Waals surface area contributed by atoms with E-state index in [2.05, 4.69) is 6.92 Å². The van der Waals surface area contributed by atoms with E-state index in [1.807, 2.05) is 30.3 Å². The summed E-state index contributed by atoms with van der Waals surface area (Å²) in [5.41, 5.74) is 1.07. The van der Waals surface area contributed by atoms with Crippen LogP contribution in [0.3, 0.4) is 0 Å². The van der Waals surface area contributed by atoms with E-state index in [0.717, 1.165) is 5.56 Å². The predicted octanol–water partition coefficient (Wildman–Crippen LogP) is 3.25. The molecule has 0 radical (unpaired) electrons. The van der Waals surface area contributed by atoms with Crippen molar-refractivity contribution in [3.63, 3.8) is 0 Å². The number of halogens is 2. The summed E-state index contributed by atoms with van der Waals surface area (Å²) in [6.07, 6.45) is 0. The first-order chi connectivity index (χ1) is 4.81. The molecule has 54 valence electrons. The van der Waals surface area contributed by atoms with E-state index in [1.54, 1.807) is 0 Å². The van der Waals surface area contributed by atoms with Gasteiger partial charge in [0.2, 0.25) is 0 Å². The second-order valence-corrected chi connectivity index (χ2v) is 4.14. The summed E-state index contributed by atoms with van der Waals surface area (Å²) in [6, 6.07) is 9.87. The molecule has 0 bridgehead atoms. The van der Waals surface area contributed by atoms with E-state index in [-0.39, 0.29) is 0 Å². The van der Waals surface area contributed by atoms with Gasteiger partial charge in [0, 0.05) is 0 Å². The SMILES string of the molecule is [CH2-]c1ccccc1.[Cl][Ti][Cl]. The summed E-state index contributed by atoms with van der Waals surface area (Å²) >= 11 is -0.556. The molecule has 0 saturated carbocycles. The Hall–Kier alpha value is 0.384. The molecule has 0 fully saturated rings. The first kappa shape index (κ1) is 10.4. The fourth-order valence-electron chi connectivity index (χ4n) is 0.478. The standard InChI is InChI=1S/C7H7.2ClH.Ti/c1-7-5-3-2-4-6-7;;;/h2-6H,1H2;2*1H;/q-1;;;+2/p-2. The van der Waals surface area contributed by atoms with Crippen molar-refractivity contribution in [3.05, 3.63) is 42.8 Å². The Morgan fingerprint density at radius 2 is 1.50 bits per heavy atom. The van der Waals surface area contributed by atoms with Crippen molar-refractivity contribution in [1.29, 1.82) is 0 Å². The average molecular weight is 210 g/mol. The Bertz CT molecular complexity index is 153. The zero-order valence-corrected chi connectivity index (χ0v) is 8.42. The monoisotopic (exact) mass is 209 g/mol. The van der Waals surface area contributed by atoms with Gasteiger partial charge < -0.3 is 0 Å². The molecule has 10 heavy (non-hydrogen) atoms. The molecule has 0 aliphatic carbocycles. The third kappa shape index (κ3) is 6.50. The van der Waals surface area contributed by atoms with Crippen molar-refractivity contribution in [1.82, 2.24) is 0 Å². The number of hydrogen-bond donors (Lipinski definition) is 0. The molecule has 0 heterocycles. The molecule has 0 atom stereocenters. The third-order valence-electron chi connectivity index (χ3n) is 0.843. The van der Waals surface area contributed by atoms with Crippen LogP contribution in [0.25, 0.3) is 0 Å². The topological polar surface area (TPSA) is 0 Å². The van der Waals surface area contributed by atoms with Gasteiger partial charge in [-0.1, -0.05) is 6.07 Å². The van der Waals surface area contributed by atoms with Gasteiger partial charge >= 0.3 is 35.6 Å². The molecule has 0 aromatic heterocycles. The van der Waals surface area contributed by atoms with Crippen molar-refractivity contribution in [2.75, 3.05) is 0 Å². The van der Waals surface area contributed by atoms with Gasteiger partial charge in [0.1, 0.15) is 0 Å². The minimum absolute atomic E-state index is 0.556. The molecule has 1 aromatic rings. The quantitative estimate of drug-likeness (QED) is 0.455. The van der Waals surface area contributed by atoms with Gasteiger partial charge in [0.05, 0.1) is 0 Å². The summed E-state index contributed by atoms with van der Waals surface area (Å²) < 4.78 is 0. The first-order valence-corrected chi connectivity index (χ1v) is 6.94. The van der Waals surface area contributed by atoms with Crippen LogP contribution in [0.1, 0.15) is 5.56 Å². The van der Waals surface area contributed by atoms with Crippen molar-refractivity contribution in [2.24, 2.45) is 0 Å². The van der Waals surface area contributed by atoms with Crippen LogP contribution >= 0.6 is 18.6 Å². The Morgan fingerprint density at radius 3 is 1.70 bits per heavy atom. The van der Waals surface area contributed by atoms with E-state index in [9.17, 15) is 0 Å². The van der Waals surface area contributed by atoms with Gasteiger partial charge in [0.15, 0.2) is 0 Å². The molecule has 0 unspecified atom stereocenters. The molecule has 3 heteroatoms.